The van der Waals surface area contributed by atoms with Gasteiger partial charge in [0.05, 0.1) is 18.2 Å². The van der Waals surface area contributed by atoms with E-state index in [1.54, 1.807) is 0 Å². The van der Waals surface area contributed by atoms with Gasteiger partial charge in [-0.15, -0.1) is 5.10 Å². The molecule has 0 saturated heterocycles. The highest BCUT2D eigenvalue weighted by Crippen LogP contribution is 2.27. The quantitative estimate of drug-likeness (QED) is 0.619. The Morgan fingerprint density at radius 1 is 1.20 bits per heavy atom. The minimum Gasteiger partial charge on any atom is -0.395 e. The number of nitrogens with one attached hydrogen (secondary N) is 1. The van der Waals surface area contributed by atoms with Crippen molar-refractivity contribution in [2.45, 2.75) is 66.1 Å². The summed E-state index contributed by atoms with van der Waals surface area (Å²) in [6.07, 6.45) is 0.750. The monoisotopic (exact) mass is 412 g/mol. The molecule has 30 heavy (non-hydrogen) atoms. The summed E-state index contributed by atoms with van der Waals surface area (Å²) in [6, 6.07) is 5.93. The first-order valence-electron chi connectivity index (χ1n) is 10.4. The lowest BCUT2D eigenvalue weighted by atomic mass is 10.0. The second-order valence-electron chi connectivity index (χ2n) is 8.89. The van der Waals surface area contributed by atoms with Gasteiger partial charge < -0.3 is 10.1 Å². The Morgan fingerprint density at radius 2 is 1.90 bits per heavy atom. The molecule has 0 amide bonds. The molecule has 2 N–H and O–H groups in total. The smallest absolute Gasteiger partial charge is 0.252 e. The van der Waals surface area contributed by atoms with Gasteiger partial charge in [0.25, 0.3) is 5.56 Å². The summed E-state index contributed by atoms with van der Waals surface area (Å²) in [4.78, 5) is 17.9. The number of aromatic amines is 1. The number of aromatic nitrogens is 5. The topological polar surface area (TPSA) is 99.9 Å². The van der Waals surface area contributed by atoms with Crippen LogP contribution in [0.3, 0.4) is 0 Å². The van der Waals surface area contributed by atoms with Gasteiger partial charge in [0.15, 0.2) is 5.82 Å². The number of rotatable bonds is 7. The van der Waals surface area contributed by atoms with Crippen molar-refractivity contribution in [1.29, 1.82) is 0 Å². The van der Waals surface area contributed by atoms with Crippen LogP contribution >= 0.6 is 0 Å². The Bertz CT molecular complexity index is 1080. The van der Waals surface area contributed by atoms with Crippen LogP contribution in [0.15, 0.2) is 23.0 Å². The highest BCUT2D eigenvalue weighted by Gasteiger charge is 2.29. The minimum atomic E-state index is -0.271. The molecule has 3 aromatic rings. The van der Waals surface area contributed by atoms with E-state index in [-0.39, 0.29) is 23.7 Å². The Kier molecular flexibility index (Phi) is 6.38. The third kappa shape index (κ3) is 4.44. The van der Waals surface area contributed by atoms with Crippen LogP contribution in [0.1, 0.15) is 62.7 Å². The summed E-state index contributed by atoms with van der Waals surface area (Å²) in [7, 11) is 0. The first-order valence-corrected chi connectivity index (χ1v) is 10.4. The van der Waals surface area contributed by atoms with E-state index in [1.165, 1.54) is 5.56 Å². The van der Waals surface area contributed by atoms with Gasteiger partial charge in [0.2, 0.25) is 0 Å². The fourth-order valence-corrected chi connectivity index (χ4v) is 3.82. The van der Waals surface area contributed by atoms with Crippen LogP contribution in [0.2, 0.25) is 0 Å². The van der Waals surface area contributed by atoms with Gasteiger partial charge in [0, 0.05) is 24.2 Å². The Morgan fingerprint density at radius 3 is 2.53 bits per heavy atom. The molecule has 2 aromatic heterocycles. The van der Waals surface area contributed by atoms with Gasteiger partial charge in [-0.2, -0.15) is 0 Å². The number of H-pyrrole nitrogens is 1. The highest BCUT2D eigenvalue weighted by atomic mass is 16.3. The average Bonchev–Trinajstić information content (AvgIpc) is 3.15. The molecule has 0 unspecified atom stereocenters. The van der Waals surface area contributed by atoms with Gasteiger partial charge in [-0.25, -0.2) is 4.68 Å². The van der Waals surface area contributed by atoms with Crippen LogP contribution in [-0.2, 0) is 12.1 Å². The average molecular weight is 413 g/mol. The molecule has 0 radical (unpaired) electrons. The molecule has 2 heterocycles. The van der Waals surface area contributed by atoms with Crippen molar-refractivity contribution in [1.82, 2.24) is 30.1 Å². The molecule has 1 atom stereocenters. The number of benzene rings is 1. The normalized spacial score (nSPS) is 13.3. The summed E-state index contributed by atoms with van der Waals surface area (Å²) in [5, 5.41) is 23.1. The van der Waals surface area contributed by atoms with Crippen molar-refractivity contribution in [2.24, 2.45) is 0 Å². The molecule has 0 aliphatic rings. The van der Waals surface area contributed by atoms with Crippen LogP contribution in [0.4, 0.5) is 0 Å². The molecule has 0 aliphatic carbocycles. The number of fused-ring (bicyclic) bond motifs is 1. The van der Waals surface area contributed by atoms with Crippen molar-refractivity contribution in [3.8, 4) is 0 Å². The van der Waals surface area contributed by atoms with Gasteiger partial charge in [0.1, 0.15) is 0 Å². The maximum atomic E-state index is 12.8. The lowest BCUT2D eigenvalue weighted by molar-refractivity contribution is 0.127. The van der Waals surface area contributed by atoms with Crippen LogP contribution in [0.25, 0.3) is 10.9 Å². The first-order chi connectivity index (χ1) is 14.2. The van der Waals surface area contributed by atoms with Gasteiger partial charge in [-0.3, -0.25) is 9.69 Å². The molecule has 1 aromatic carbocycles. The van der Waals surface area contributed by atoms with E-state index in [9.17, 15) is 9.90 Å². The molecular weight excluding hydrogens is 380 g/mol. The maximum absolute atomic E-state index is 12.8. The summed E-state index contributed by atoms with van der Waals surface area (Å²) >= 11 is 0. The Labute approximate surface area is 176 Å². The molecular formula is C22H32N6O2. The number of aryl methyl sites for hydroxylation is 2. The number of hydrogen-bond donors (Lipinski definition) is 2. The van der Waals surface area contributed by atoms with Crippen LogP contribution in [0, 0.1) is 13.8 Å². The molecule has 0 aliphatic heterocycles. The predicted molar refractivity (Wildman–Crippen MR) is 117 cm³/mol. The Hall–Kier alpha value is -2.58. The fourth-order valence-electron chi connectivity index (χ4n) is 3.82. The van der Waals surface area contributed by atoms with E-state index < -0.39 is 0 Å². The van der Waals surface area contributed by atoms with E-state index in [2.05, 4.69) is 45.3 Å². The van der Waals surface area contributed by atoms with Gasteiger partial charge in [-0.1, -0.05) is 6.92 Å². The van der Waals surface area contributed by atoms with E-state index in [4.69, 9.17) is 0 Å². The van der Waals surface area contributed by atoms with E-state index in [0.29, 0.717) is 18.7 Å². The minimum absolute atomic E-state index is 0.0165. The number of aliphatic hydroxyl groups is 1. The zero-order chi connectivity index (χ0) is 22.1. The second-order valence-corrected chi connectivity index (χ2v) is 8.89. The van der Waals surface area contributed by atoms with E-state index in [1.807, 2.05) is 44.5 Å². The second kappa shape index (κ2) is 8.65. The summed E-state index contributed by atoms with van der Waals surface area (Å²) in [5.74, 6) is 0.738. The lowest BCUT2D eigenvalue weighted by Crippen LogP contribution is -2.36. The van der Waals surface area contributed by atoms with Crippen LogP contribution in [0.5, 0.6) is 0 Å². The fraction of sp³-hybridized carbons (Fsp3) is 0.545. The predicted octanol–water partition coefficient (Wildman–Crippen LogP) is 2.83. The number of aliphatic hydroxyl groups excluding tert-OH is 1. The molecule has 162 valence electrons. The van der Waals surface area contributed by atoms with Gasteiger partial charge >= 0.3 is 0 Å². The molecule has 8 nitrogen and oxygen atoms in total. The summed E-state index contributed by atoms with van der Waals surface area (Å²) < 4.78 is 1.82. The van der Waals surface area contributed by atoms with Crippen molar-refractivity contribution in [2.75, 3.05) is 13.2 Å². The molecule has 0 bridgehead atoms. The molecule has 3 rings (SSSR count). The Balaban J connectivity index is 2.01. The van der Waals surface area contributed by atoms with E-state index >= 15 is 0 Å². The first kappa shape index (κ1) is 22.1. The maximum Gasteiger partial charge on any atom is 0.252 e. The van der Waals surface area contributed by atoms with E-state index in [0.717, 1.165) is 28.7 Å². The largest absolute Gasteiger partial charge is 0.395 e. The van der Waals surface area contributed by atoms with Crippen molar-refractivity contribution in [3.63, 3.8) is 0 Å². The molecule has 0 saturated carbocycles. The summed E-state index contributed by atoms with van der Waals surface area (Å²) in [5.41, 5.74) is 3.44. The van der Waals surface area contributed by atoms with Crippen molar-refractivity contribution >= 4 is 10.9 Å². The third-order valence-corrected chi connectivity index (χ3v) is 5.55. The SMILES string of the molecule is CC[C@@H](c1nnnn1C(C)(C)C)N(CCO)Cc1cc2cc(C)c(C)cc2[nH]c1=O. The van der Waals surface area contributed by atoms with Crippen molar-refractivity contribution in [3.05, 3.63) is 51.1 Å². The number of hydrogen-bond acceptors (Lipinski definition) is 6. The van der Waals surface area contributed by atoms with Crippen LogP contribution < -0.4 is 5.56 Å². The van der Waals surface area contributed by atoms with Gasteiger partial charge in [-0.05, 0) is 86.2 Å². The summed E-state index contributed by atoms with van der Waals surface area (Å²) in [6.45, 7) is 13.1. The molecule has 0 spiro atoms. The van der Waals surface area contributed by atoms with Crippen LogP contribution in [-0.4, -0.2) is 48.3 Å². The highest BCUT2D eigenvalue weighted by molar-refractivity contribution is 5.80. The molecule has 8 heteroatoms. The zero-order valence-electron chi connectivity index (χ0n) is 18.7. The number of nitrogens with zero attached hydrogens (tertiary/aromatic N) is 5. The lowest BCUT2D eigenvalue weighted by Gasteiger charge is -2.31. The zero-order valence-corrected chi connectivity index (χ0v) is 18.7. The van der Waals surface area contributed by atoms with Crippen molar-refractivity contribution < 1.29 is 5.11 Å². The standard InChI is InChI=1S/C22H32N6O2/c1-7-19(20-24-25-26-28(20)22(4,5)6)27(8-9-29)13-17-12-16-10-14(2)15(3)11-18(16)23-21(17)30/h10-12,19,29H,7-9,13H2,1-6H3,(H,23,30)/t19-/m0/s1. The number of tetrazole rings is 1. The number of pyridine rings is 1. The third-order valence-electron chi connectivity index (χ3n) is 5.55. The molecule has 0 fully saturated rings.